The van der Waals surface area contributed by atoms with Gasteiger partial charge >= 0.3 is 0 Å². The quantitative estimate of drug-likeness (QED) is 0.0185. The molecule has 0 spiro atoms. The Bertz CT molecular complexity index is 1790. The average Bonchev–Trinajstić information content (AvgIpc) is 3.78. The topological polar surface area (TPSA) is 384 Å². The number of rotatable bonds is 30. The molecule has 15 N–H and O–H groups in total. The minimum absolute atomic E-state index is 0.0478. The molecule has 1 aliphatic rings. The van der Waals surface area contributed by atoms with Crippen molar-refractivity contribution in [2.24, 2.45) is 34.0 Å². The third kappa shape index (κ3) is 21.4. The van der Waals surface area contributed by atoms with E-state index in [4.69, 9.17) is 17.2 Å². The first-order valence-corrected chi connectivity index (χ1v) is 23.7. The van der Waals surface area contributed by atoms with Gasteiger partial charge in [0.15, 0.2) is 5.96 Å². The van der Waals surface area contributed by atoms with Crippen LogP contribution < -0.4 is 59.7 Å². The summed E-state index contributed by atoms with van der Waals surface area (Å²) >= 11 is 0. The Balaban J connectivity index is 3.26. The molecule has 10 amide bonds. The molecule has 1 fully saturated rings. The molecule has 0 radical (unpaired) electrons. The normalized spacial score (nSPS) is 16.7. The summed E-state index contributed by atoms with van der Waals surface area (Å²) in [6.07, 6.45) is 0.837. The van der Waals surface area contributed by atoms with E-state index in [-0.39, 0.29) is 56.0 Å². The van der Waals surface area contributed by atoms with Gasteiger partial charge in [0.2, 0.25) is 59.1 Å². The van der Waals surface area contributed by atoms with Crippen LogP contribution in [0.2, 0.25) is 0 Å². The van der Waals surface area contributed by atoms with Crippen LogP contribution in [0.5, 0.6) is 0 Å². The van der Waals surface area contributed by atoms with Gasteiger partial charge in [0, 0.05) is 40.2 Å². The third-order valence-corrected chi connectivity index (χ3v) is 11.4. The van der Waals surface area contributed by atoms with Crippen LogP contribution in [0, 0.1) is 11.8 Å². The van der Waals surface area contributed by atoms with Gasteiger partial charge in [-0.1, -0.05) is 47.5 Å². The molecule has 0 aliphatic carbocycles. The number of likely N-dealkylation sites (tertiary alicyclic amines) is 1. The predicted molar refractivity (Wildman–Crippen MR) is 256 cm³/mol. The third-order valence-electron chi connectivity index (χ3n) is 11.4. The number of hydrogen-bond donors (Lipinski definition) is 12. The van der Waals surface area contributed by atoms with Gasteiger partial charge in [-0.2, -0.15) is 0 Å². The molecule has 0 aromatic carbocycles. The second-order valence-electron chi connectivity index (χ2n) is 17.7. The molecule has 392 valence electrons. The van der Waals surface area contributed by atoms with E-state index in [1.165, 1.54) is 25.8 Å². The van der Waals surface area contributed by atoms with Gasteiger partial charge in [-0.05, 0) is 64.2 Å². The molecular formula is C44H80N14O11. The fourth-order valence-electron chi connectivity index (χ4n) is 7.27. The van der Waals surface area contributed by atoms with Crippen LogP contribution in [-0.2, 0) is 47.9 Å². The second kappa shape index (κ2) is 31.1. The van der Waals surface area contributed by atoms with Gasteiger partial charge in [0.05, 0.1) is 19.2 Å². The summed E-state index contributed by atoms with van der Waals surface area (Å²) in [7, 11) is 1.40. The highest BCUT2D eigenvalue weighted by Crippen LogP contribution is 2.20. The SMILES string of the molecule is CCC[C@H](NC(=O)[C@@H](NC(=O)[C@@H](CC(C)C)NC(=O)[C@H](CN)NC(=O)CNC(=O)CN(C)C(C)=O)[C@@H](C)O)C(=O)N[C@H](C(=O)N[C@@H](CCCN=C(N)N)C(=O)N1CCC[C@H]1C(=O)NCC)[C@@H](C)CC. The molecule has 0 aromatic heterocycles. The number of nitrogens with zero attached hydrogens (tertiary/aromatic N) is 3. The monoisotopic (exact) mass is 981 g/mol. The molecule has 0 saturated carbocycles. The zero-order valence-corrected chi connectivity index (χ0v) is 41.8. The molecule has 25 heteroatoms. The number of carbonyl (C=O) groups is 10. The van der Waals surface area contributed by atoms with Crippen LogP contribution in [0.1, 0.15) is 107 Å². The molecule has 1 heterocycles. The van der Waals surface area contributed by atoms with Gasteiger partial charge in [-0.25, -0.2) is 0 Å². The summed E-state index contributed by atoms with van der Waals surface area (Å²) < 4.78 is 0. The first kappa shape index (κ1) is 60.9. The van der Waals surface area contributed by atoms with E-state index in [1.807, 2.05) is 0 Å². The van der Waals surface area contributed by atoms with Crippen molar-refractivity contribution >= 4 is 65.0 Å². The molecule has 69 heavy (non-hydrogen) atoms. The highest BCUT2D eigenvalue weighted by atomic mass is 16.3. The van der Waals surface area contributed by atoms with E-state index in [0.29, 0.717) is 45.2 Å². The van der Waals surface area contributed by atoms with Crippen molar-refractivity contribution in [3.63, 3.8) is 0 Å². The van der Waals surface area contributed by atoms with Crippen molar-refractivity contribution in [1.29, 1.82) is 0 Å². The molecule has 1 saturated heterocycles. The lowest BCUT2D eigenvalue weighted by Crippen LogP contribution is -2.62. The number of aliphatic hydroxyl groups excluding tert-OH is 1. The maximum Gasteiger partial charge on any atom is 0.245 e. The summed E-state index contributed by atoms with van der Waals surface area (Å²) in [6, 6.07) is -8.57. The summed E-state index contributed by atoms with van der Waals surface area (Å²) in [4.78, 5) is 139. The Morgan fingerprint density at radius 3 is 1.87 bits per heavy atom. The Morgan fingerprint density at radius 2 is 1.32 bits per heavy atom. The number of nitrogens with two attached hydrogens (primary N) is 3. The van der Waals surface area contributed by atoms with Crippen LogP contribution in [0.25, 0.3) is 0 Å². The van der Waals surface area contributed by atoms with Crippen molar-refractivity contribution in [2.45, 2.75) is 155 Å². The first-order chi connectivity index (χ1) is 32.4. The van der Waals surface area contributed by atoms with Gasteiger partial charge in [0.1, 0.15) is 42.3 Å². The highest BCUT2D eigenvalue weighted by molar-refractivity contribution is 5.98. The first-order valence-electron chi connectivity index (χ1n) is 23.7. The maximum atomic E-state index is 14.1. The van der Waals surface area contributed by atoms with Crippen molar-refractivity contribution < 1.29 is 53.1 Å². The fourth-order valence-corrected chi connectivity index (χ4v) is 7.27. The number of amides is 10. The fraction of sp³-hybridized carbons (Fsp3) is 0.750. The van der Waals surface area contributed by atoms with Crippen molar-refractivity contribution in [2.75, 3.05) is 46.3 Å². The Hall–Kier alpha value is -6.11. The molecule has 0 unspecified atom stereocenters. The molecule has 9 atom stereocenters. The number of aliphatic hydroxyl groups is 1. The maximum absolute atomic E-state index is 14.1. The minimum Gasteiger partial charge on any atom is -0.391 e. The minimum atomic E-state index is -1.64. The summed E-state index contributed by atoms with van der Waals surface area (Å²) in [6.45, 7) is 12.7. The Morgan fingerprint density at radius 1 is 0.739 bits per heavy atom. The number of guanidine groups is 1. The standard InChI is InChI=1S/C44H80N14O11/c1-10-15-28(37(63)55-35(25(6)11-2)41(67)53-29(16-13-18-49-44(46)47)43(69)58-19-14-17-32(58)40(66)48-12-3)52-42(68)36(26(7)59)56-38(64)30(20-24(4)5)54-39(65)31(21-45)51-33(61)22-50-34(62)23-57(9)27(8)60/h24-26,28-32,35-36,59H,10-23,45H2,1-9H3,(H,48,66)(H,50,62)(H,51,61)(H,52,68)(H,53,67)(H,54,65)(H,55,63)(H,56,64)(H4,46,47,49)/t25-,26+,28-,29-,30+,31-,32-,35-,36-/m0/s1. The summed E-state index contributed by atoms with van der Waals surface area (Å²) in [5, 5.41) is 31.3. The van der Waals surface area contributed by atoms with Crippen LogP contribution in [0.15, 0.2) is 4.99 Å². The van der Waals surface area contributed by atoms with Crippen molar-refractivity contribution in [1.82, 2.24) is 52.3 Å². The van der Waals surface area contributed by atoms with Crippen LogP contribution in [0.3, 0.4) is 0 Å². The molecule has 1 aliphatic heterocycles. The number of nitrogens with one attached hydrogen (secondary N) is 8. The van der Waals surface area contributed by atoms with E-state index in [0.717, 1.165) is 4.90 Å². The van der Waals surface area contributed by atoms with Crippen molar-refractivity contribution in [3.8, 4) is 0 Å². The largest absolute Gasteiger partial charge is 0.391 e. The Kier molecular flexibility index (Phi) is 27.5. The van der Waals surface area contributed by atoms with E-state index >= 15 is 0 Å². The Labute approximate surface area is 405 Å². The number of carbonyl (C=O) groups excluding carboxylic acids is 10. The average molecular weight is 981 g/mol. The number of likely N-dealkylation sites (N-methyl/N-ethyl adjacent to an activating group) is 2. The van der Waals surface area contributed by atoms with Crippen molar-refractivity contribution in [3.05, 3.63) is 0 Å². The van der Waals surface area contributed by atoms with Gasteiger partial charge in [-0.3, -0.25) is 52.9 Å². The number of aliphatic imine (C=N–C) groups is 1. The van der Waals surface area contributed by atoms with Crippen LogP contribution in [-0.4, -0.2) is 175 Å². The molecule has 0 aromatic rings. The molecule has 25 nitrogen and oxygen atoms in total. The molecule has 0 bridgehead atoms. The highest BCUT2D eigenvalue weighted by Gasteiger charge is 2.40. The molecular weight excluding hydrogens is 901 g/mol. The lowest BCUT2D eigenvalue weighted by molar-refractivity contribution is -0.142. The predicted octanol–water partition coefficient (Wildman–Crippen LogP) is -4.10. The van der Waals surface area contributed by atoms with E-state index < -0.39 is 115 Å². The zero-order valence-electron chi connectivity index (χ0n) is 41.8. The lowest BCUT2D eigenvalue weighted by atomic mass is 9.96. The number of hydrogen-bond acceptors (Lipinski definition) is 13. The molecule has 1 rings (SSSR count). The lowest BCUT2D eigenvalue weighted by Gasteiger charge is -2.31. The van der Waals surface area contributed by atoms with E-state index in [1.54, 1.807) is 41.5 Å². The smallest absolute Gasteiger partial charge is 0.245 e. The van der Waals surface area contributed by atoms with Gasteiger partial charge in [-0.15, -0.1) is 0 Å². The summed E-state index contributed by atoms with van der Waals surface area (Å²) in [5.41, 5.74) is 16.8. The van der Waals surface area contributed by atoms with Crippen LogP contribution in [0.4, 0.5) is 0 Å². The summed E-state index contributed by atoms with van der Waals surface area (Å²) in [5.74, 6) is -7.48. The van der Waals surface area contributed by atoms with Crippen LogP contribution >= 0.6 is 0 Å². The van der Waals surface area contributed by atoms with Gasteiger partial charge in [0.25, 0.3) is 0 Å². The zero-order chi connectivity index (χ0) is 52.5. The van der Waals surface area contributed by atoms with E-state index in [9.17, 15) is 53.1 Å². The van der Waals surface area contributed by atoms with E-state index in [2.05, 4.69) is 47.5 Å². The second-order valence-corrected chi connectivity index (χ2v) is 17.7. The van der Waals surface area contributed by atoms with Gasteiger partial charge < -0.3 is 74.6 Å².